The molecule has 0 aliphatic heterocycles. The van der Waals surface area contributed by atoms with E-state index in [1.807, 2.05) is 7.05 Å². The first-order valence-corrected chi connectivity index (χ1v) is 7.75. The average Bonchev–Trinajstić information content (AvgIpc) is 2.86. The molecule has 3 saturated carbocycles. The van der Waals surface area contributed by atoms with E-state index >= 15 is 0 Å². The summed E-state index contributed by atoms with van der Waals surface area (Å²) in [7, 11) is 1.92. The highest BCUT2D eigenvalue weighted by atomic mass is 15.3. The fourth-order valence-corrected chi connectivity index (χ4v) is 4.19. The molecular formula is C15H26N4. The predicted molar refractivity (Wildman–Crippen MR) is 75.6 cm³/mol. The molecule has 3 fully saturated rings. The van der Waals surface area contributed by atoms with Crippen molar-refractivity contribution in [2.45, 2.75) is 58.0 Å². The highest BCUT2D eigenvalue weighted by Crippen LogP contribution is 2.46. The van der Waals surface area contributed by atoms with Crippen molar-refractivity contribution in [3.05, 3.63) is 12.2 Å². The third-order valence-corrected chi connectivity index (χ3v) is 5.26. The van der Waals surface area contributed by atoms with E-state index in [2.05, 4.69) is 29.2 Å². The fourth-order valence-electron chi connectivity index (χ4n) is 4.19. The zero-order valence-corrected chi connectivity index (χ0v) is 12.3. The summed E-state index contributed by atoms with van der Waals surface area (Å²) in [5.74, 6) is 3.73. The lowest BCUT2D eigenvalue weighted by molar-refractivity contribution is 0.0721. The summed E-state index contributed by atoms with van der Waals surface area (Å²) < 4.78 is 1.78. The van der Waals surface area contributed by atoms with Crippen molar-refractivity contribution < 1.29 is 0 Å². The van der Waals surface area contributed by atoms with Crippen LogP contribution in [0.5, 0.6) is 0 Å². The van der Waals surface area contributed by atoms with Gasteiger partial charge in [-0.05, 0) is 50.9 Å². The normalized spacial score (nSPS) is 33.3. The lowest BCUT2D eigenvalue weighted by Gasteiger charge is -2.45. The molecule has 3 unspecified atom stereocenters. The van der Waals surface area contributed by atoms with Crippen molar-refractivity contribution in [2.24, 2.45) is 24.8 Å². The molecule has 106 valence electrons. The van der Waals surface area contributed by atoms with Crippen LogP contribution in [0.3, 0.4) is 0 Å². The molecule has 3 aliphatic rings. The molecule has 1 N–H and O–H groups in total. The summed E-state index contributed by atoms with van der Waals surface area (Å²) in [6.07, 6.45) is 9.08. The maximum absolute atomic E-state index is 4.40. The Kier molecular flexibility index (Phi) is 3.61. The molecule has 2 bridgehead atoms. The summed E-state index contributed by atoms with van der Waals surface area (Å²) >= 11 is 0. The standard InChI is InChI=1S/C15H26N4/c1-10(14-8-12-4-6-13(14)7-5-12)17-11(2)15-16-9-19(3)18-15/h9-14,17H,4-8H2,1-3H3. The van der Waals surface area contributed by atoms with Crippen LogP contribution in [0.25, 0.3) is 0 Å². The van der Waals surface area contributed by atoms with Crippen molar-refractivity contribution >= 4 is 0 Å². The molecule has 3 atom stereocenters. The molecule has 4 heteroatoms. The quantitative estimate of drug-likeness (QED) is 0.907. The number of hydrogen-bond acceptors (Lipinski definition) is 3. The third kappa shape index (κ3) is 2.69. The summed E-state index contributed by atoms with van der Waals surface area (Å²) in [5, 5.41) is 8.13. The number of fused-ring (bicyclic) bond motifs is 3. The topological polar surface area (TPSA) is 42.7 Å². The predicted octanol–water partition coefficient (Wildman–Crippen LogP) is 2.68. The molecule has 19 heavy (non-hydrogen) atoms. The SMILES string of the molecule is CC(NC(C)C1CC2CCC1CC2)c1ncn(C)n1. The maximum atomic E-state index is 4.40. The van der Waals surface area contributed by atoms with Crippen molar-refractivity contribution in [1.29, 1.82) is 0 Å². The van der Waals surface area contributed by atoms with Gasteiger partial charge in [-0.1, -0.05) is 12.8 Å². The Bertz CT molecular complexity index is 420. The number of hydrogen-bond donors (Lipinski definition) is 1. The van der Waals surface area contributed by atoms with Gasteiger partial charge in [-0.3, -0.25) is 4.68 Å². The molecule has 1 aromatic heterocycles. The molecule has 0 aromatic carbocycles. The summed E-state index contributed by atoms with van der Waals surface area (Å²) in [4.78, 5) is 4.35. The Morgan fingerprint density at radius 1 is 1.26 bits per heavy atom. The van der Waals surface area contributed by atoms with Crippen LogP contribution in [-0.4, -0.2) is 20.8 Å². The van der Waals surface area contributed by atoms with Crippen LogP contribution < -0.4 is 5.32 Å². The van der Waals surface area contributed by atoms with Crippen molar-refractivity contribution in [2.75, 3.05) is 0 Å². The van der Waals surface area contributed by atoms with Crippen LogP contribution in [0.1, 0.15) is 57.8 Å². The number of rotatable bonds is 4. The van der Waals surface area contributed by atoms with Crippen LogP contribution in [0.15, 0.2) is 6.33 Å². The smallest absolute Gasteiger partial charge is 0.167 e. The van der Waals surface area contributed by atoms with E-state index in [-0.39, 0.29) is 6.04 Å². The molecule has 4 nitrogen and oxygen atoms in total. The van der Waals surface area contributed by atoms with Gasteiger partial charge in [0.05, 0.1) is 6.04 Å². The average molecular weight is 262 g/mol. The van der Waals surface area contributed by atoms with Gasteiger partial charge in [0.15, 0.2) is 5.82 Å². The van der Waals surface area contributed by atoms with Gasteiger partial charge in [0.25, 0.3) is 0 Å². The molecule has 0 saturated heterocycles. The van der Waals surface area contributed by atoms with Crippen LogP contribution in [-0.2, 0) is 7.05 Å². The number of aryl methyl sites for hydroxylation is 1. The first kappa shape index (κ1) is 13.1. The second kappa shape index (κ2) is 5.23. The van der Waals surface area contributed by atoms with Crippen molar-refractivity contribution in [1.82, 2.24) is 20.1 Å². The molecule has 1 aromatic rings. The van der Waals surface area contributed by atoms with E-state index in [9.17, 15) is 0 Å². The first-order chi connectivity index (χ1) is 9.13. The highest BCUT2D eigenvalue weighted by Gasteiger charge is 2.38. The van der Waals surface area contributed by atoms with E-state index in [0.29, 0.717) is 6.04 Å². The minimum Gasteiger partial charge on any atom is -0.305 e. The zero-order valence-electron chi connectivity index (χ0n) is 12.3. The van der Waals surface area contributed by atoms with E-state index < -0.39 is 0 Å². The second-order valence-electron chi connectivity index (χ2n) is 6.63. The second-order valence-corrected chi connectivity index (χ2v) is 6.63. The van der Waals surface area contributed by atoms with Crippen LogP contribution in [0.2, 0.25) is 0 Å². The van der Waals surface area contributed by atoms with Gasteiger partial charge in [-0.2, -0.15) is 5.10 Å². The zero-order chi connectivity index (χ0) is 13.4. The first-order valence-electron chi connectivity index (χ1n) is 7.75. The number of nitrogens with zero attached hydrogens (tertiary/aromatic N) is 3. The van der Waals surface area contributed by atoms with Gasteiger partial charge >= 0.3 is 0 Å². The lowest BCUT2D eigenvalue weighted by Crippen LogP contribution is -2.44. The molecule has 0 spiro atoms. The third-order valence-electron chi connectivity index (χ3n) is 5.26. The van der Waals surface area contributed by atoms with Crippen LogP contribution >= 0.6 is 0 Å². The van der Waals surface area contributed by atoms with Gasteiger partial charge in [0.2, 0.25) is 0 Å². The molecule has 0 radical (unpaired) electrons. The Morgan fingerprint density at radius 2 is 2.00 bits per heavy atom. The molecule has 4 rings (SSSR count). The Labute approximate surface area is 116 Å². The number of nitrogens with one attached hydrogen (secondary N) is 1. The molecule has 1 heterocycles. The van der Waals surface area contributed by atoms with Crippen molar-refractivity contribution in [3.63, 3.8) is 0 Å². The fraction of sp³-hybridized carbons (Fsp3) is 0.867. The van der Waals surface area contributed by atoms with E-state index in [0.717, 1.165) is 23.6 Å². The van der Waals surface area contributed by atoms with E-state index in [1.54, 1.807) is 11.0 Å². The van der Waals surface area contributed by atoms with Gasteiger partial charge in [-0.25, -0.2) is 4.98 Å². The minimum absolute atomic E-state index is 0.247. The Morgan fingerprint density at radius 3 is 2.53 bits per heavy atom. The monoisotopic (exact) mass is 262 g/mol. The van der Waals surface area contributed by atoms with Crippen molar-refractivity contribution in [3.8, 4) is 0 Å². The molecular weight excluding hydrogens is 236 g/mol. The summed E-state index contributed by atoms with van der Waals surface area (Å²) in [5.41, 5.74) is 0. The van der Waals surface area contributed by atoms with Crippen LogP contribution in [0, 0.1) is 17.8 Å². The molecule has 3 aliphatic carbocycles. The maximum Gasteiger partial charge on any atom is 0.167 e. The van der Waals surface area contributed by atoms with E-state index in [1.165, 1.54) is 32.1 Å². The lowest BCUT2D eigenvalue weighted by atomic mass is 9.63. The summed E-state index contributed by atoms with van der Waals surface area (Å²) in [6.45, 7) is 4.53. The van der Waals surface area contributed by atoms with Gasteiger partial charge < -0.3 is 5.32 Å². The van der Waals surface area contributed by atoms with Crippen LogP contribution in [0.4, 0.5) is 0 Å². The van der Waals surface area contributed by atoms with Gasteiger partial charge in [0, 0.05) is 13.1 Å². The van der Waals surface area contributed by atoms with Gasteiger partial charge in [0.1, 0.15) is 6.33 Å². The largest absolute Gasteiger partial charge is 0.305 e. The van der Waals surface area contributed by atoms with Gasteiger partial charge in [-0.15, -0.1) is 0 Å². The summed E-state index contributed by atoms with van der Waals surface area (Å²) in [6, 6.07) is 0.823. The minimum atomic E-state index is 0.247. The van der Waals surface area contributed by atoms with E-state index in [4.69, 9.17) is 0 Å². The Balaban J connectivity index is 1.60. The number of aromatic nitrogens is 3. The Hall–Kier alpha value is -0.900. The highest BCUT2D eigenvalue weighted by molar-refractivity contribution is 4.95. The molecule has 0 amide bonds.